The van der Waals surface area contributed by atoms with Crippen LogP contribution < -0.4 is 15.8 Å². The third kappa shape index (κ3) is 6.39. The molecule has 0 spiro atoms. The van der Waals surface area contributed by atoms with Crippen LogP contribution in [0.4, 0.5) is 8.78 Å². The van der Waals surface area contributed by atoms with Gasteiger partial charge in [0, 0.05) is 18.2 Å². The van der Waals surface area contributed by atoms with Crippen LogP contribution in [0.2, 0.25) is 0 Å². The monoisotopic (exact) mass is 454 g/mol. The fraction of sp³-hybridized carbons (Fsp3) is 0.562. The number of nitrogens with two attached hydrogens (primary N) is 1. The number of guanidine groups is 1. The number of hydrogen-bond donors (Lipinski definition) is 2. The minimum atomic E-state index is -2.85. The Balaban J connectivity index is 0.00000288. The van der Waals surface area contributed by atoms with Crippen LogP contribution >= 0.6 is 24.0 Å². The highest BCUT2D eigenvalue weighted by Gasteiger charge is 2.22. The van der Waals surface area contributed by atoms with E-state index in [0.717, 1.165) is 26.1 Å². The Kier molecular flexibility index (Phi) is 9.27. The van der Waals surface area contributed by atoms with Crippen molar-refractivity contribution in [1.82, 2.24) is 10.2 Å². The zero-order valence-electron chi connectivity index (χ0n) is 13.8. The largest absolute Gasteiger partial charge is 0.434 e. The van der Waals surface area contributed by atoms with E-state index in [1.165, 1.54) is 12.5 Å². The molecule has 1 heterocycles. The van der Waals surface area contributed by atoms with E-state index in [1.807, 2.05) is 0 Å². The number of nitrogens with zero attached hydrogens (tertiary/aromatic N) is 2. The molecule has 2 rings (SSSR count). The number of halogens is 3. The van der Waals surface area contributed by atoms with Crippen LogP contribution in [0.15, 0.2) is 29.3 Å². The van der Waals surface area contributed by atoms with Crippen LogP contribution in [0.5, 0.6) is 5.75 Å². The van der Waals surface area contributed by atoms with Crippen molar-refractivity contribution in [2.24, 2.45) is 10.7 Å². The van der Waals surface area contributed by atoms with Crippen molar-refractivity contribution in [3.63, 3.8) is 0 Å². The Morgan fingerprint density at radius 3 is 2.92 bits per heavy atom. The molecule has 0 bridgehead atoms. The summed E-state index contributed by atoms with van der Waals surface area (Å²) in [6, 6.07) is 7.07. The molecule has 8 heteroatoms. The number of nitrogens with one attached hydrogen (secondary N) is 1. The molecule has 5 nitrogen and oxygen atoms in total. The van der Waals surface area contributed by atoms with E-state index in [-0.39, 0.29) is 36.3 Å². The number of alkyl halides is 2. The second-order valence-corrected chi connectivity index (χ2v) is 5.49. The lowest BCUT2D eigenvalue weighted by Gasteiger charge is -2.23. The molecule has 1 aliphatic rings. The fourth-order valence-electron chi connectivity index (χ4n) is 2.84. The molecule has 24 heavy (non-hydrogen) atoms. The summed E-state index contributed by atoms with van der Waals surface area (Å²) in [5, 5.41) is 3.12. The van der Waals surface area contributed by atoms with E-state index < -0.39 is 6.61 Å². The van der Waals surface area contributed by atoms with Crippen LogP contribution in [0.25, 0.3) is 0 Å². The first kappa shape index (κ1) is 20.9. The van der Waals surface area contributed by atoms with Gasteiger partial charge in [-0.15, -0.1) is 24.0 Å². The first-order chi connectivity index (χ1) is 11.1. The number of likely N-dealkylation sites (N-methyl/N-ethyl adjacent to an activating group) is 1. The highest BCUT2D eigenvalue weighted by molar-refractivity contribution is 14.0. The zero-order chi connectivity index (χ0) is 16.7. The maximum Gasteiger partial charge on any atom is 0.387 e. The number of rotatable bonds is 7. The van der Waals surface area contributed by atoms with Crippen LogP contribution in [0.1, 0.15) is 25.3 Å². The van der Waals surface area contributed by atoms with Gasteiger partial charge >= 0.3 is 6.61 Å². The van der Waals surface area contributed by atoms with Gasteiger partial charge in [0.25, 0.3) is 0 Å². The zero-order valence-corrected chi connectivity index (χ0v) is 16.1. The first-order valence-electron chi connectivity index (χ1n) is 7.90. The fourth-order valence-corrected chi connectivity index (χ4v) is 2.84. The van der Waals surface area contributed by atoms with Crippen LogP contribution in [0.3, 0.4) is 0 Å². The molecule has 3 N–H and O–H groups in total. The number of ether oxygens (including phenoxy) is 1. The predicted molar refractivity (Wildman–Crippen MR) is 102 cm³/mol. The van der Waals surface area contributed by atoms with Gasteiger partial charge in [-0.2, -0.15) is 8.78 Å². The standard InChI is InChI=1S/C16H24F2N4O.HI/c1-2-22-9-5-7-13(22)11-21-16(19)20-10-12-6-3-4-8-14(12)23-15(17)18;/h3-4,6,8,13,15H,2,5,7,9-11H2,1H3,(H3,19,20,21);1H. The maximum absolute atomic E-state index is 12.4. The van der Waals surface area contributed by atoms with Crippen molar-refractivity contribution in [2.75, 3.05) is 19.6 Å². The van der Waals surface area contributed by atoms with Crippen LogP contribution in [-0.4, -0.2) is 43.1 Å². The average Bonchev–Trinajstić information content (AvgIpc) is 2.99. The van der Waals surface area contributed by atoms with E-state index >= 15 is 0 Å². The smallest absolute Gasteiger partial charge is 0.387 e. The predicted octanol–water partition coefficient (Wildman–Crippen LogP) is 2.79. The van der Waals surface area contributed by atoms with Gasteiger partial charge in [0.15, 0.2) is 5.96 Å². The number of benzene rings is 1. The lowest BCUT2D eigenvalue weighted by atomic mass is 10.2. The van der Waals surface area contributed by atoms with Gasteiger partial charge in [-0.1, -0.05) is 25.1 Å². The second-order valence-electron chi connectivity index (χ2n) is 5.49. The summed E-state index contributed by atoms with van der Waals surface area (Å²) in [7, 11) is 0. The molecule has 1 aromatic carbocycles. The molecular formula is C16H25F2IN4O. The normalized spacial score (nSPS) is 18.5. The van der Waals surface area contributed by atoms with E-state index in [1.54, 1.807) is 18.2 Å². The van der Waals surface area contributed by atoms with E-state index in [0.29, 0.717) is 17.6 Å². The lowest BCUT2D eigenvalue weighted by molar-refractivity contribution is -0.0504. The highest BCUT2D eigenvalue weighted by Crippen LogP contribution is 2.21. The summed E-state index contributed by atoms with van der Waals surface area (Å²) >= 11 is 0. The van der Waals surface area contributed by atoms with E-state index in [9.17, 15) is 8.78 Å². The third-order valence-corrected chi connectivity index (χ3v) is 4.03. The van der Waals surface area contributed by atoms with Crippen molar-refractivity contribution < 1.29 is 13.5 Å². The number of aliphatic imine (C=N–C) groups is 1. The van der Waals surface area contributed by atoms with Gasteiger partial charge in [0.1, 0.15) is 5.75 Å². The molecule has 1 saturated heterocycles. The van der Waals surface area contributed by atoms with Gasteiger partial charge in [0.2, 0.25) is 0 Å². The summed E-state index contributed by atoms with van der Waals surface area (Å²) in [6.07, 6.45) is 2.36. The third-order valence-electron chi connectivity index (χ3n) is 4.03. The van der Waals surface area contributed by atoms with Crippen molar-refractivity contribution >= 4 is 29.9 Å². The highest BCUT2D eigenvalue weighted by atomic mass is 127. The molecule has 1 aromatic rings. The quantitative estimate of drug-likeness (QED) is 0.378. The van der Waals surface area contributed by atoms with Gasteiger partial charge in [-0.05, 0) is 32.0 Å². The van der Waals surface area contributed by atoms with Crippen LogP contribution in [0, 0.1) is 0 Å². The van der Waals surface area contributed by atoms with Gasteiger partial charge < -0.3 is 15.8 Å². The molecule has 1 fully saturated rings. The SMILES string of the molecule is CCN1CCCC1CNC(N)=NCc1ccccc1OC(F)F.I. The molecule has 1 unspecified atom stereocenters. The molecule has 0 saturated carbocycles. The lowest BCUT2D eigenvalue weighted by Crippen LogP contribution is -2.42. The number of likely N-dealkylation sites (tertiary alicyclic amines) is 1. The van der Waals surface area contributed by atoms with Gasteiger partial charge in [0.05, 0.1) is 6.54 Å². The summed E-state index contributed by atoms with van der Waals surface area (Å²) < 4.78 is 29.2. The second kappa shape index (κ2) is 10.7. The van der Waals surface area contributed by atoms with Crippen molar-refractivity contribution in [3.05, 3.63) is 29.8 Å². The Labute approximate surface area is 158 Å². The van der Waals surface area contributed by atoms with Gasteiger partial charge in [-0.3, -0.25) is 4.90 Å². The van der Waals surface area contributed by atoms with Crippen LogP contribution in [-0.2, 0) is 6.54 Å². The Hall–Kier alpha value is -1.16. The van der Waals surface area contributed by atoms with E-state index in [4.69, 9.17) is 5.73 Å². The topological polar surface area (TPSA) is 62.9 Å². The Bertz CT molecular complexity index is 531. The van der Waals surface area contributed by atoms with Crippen molar-refractivity contribution in [2.45, 2.75) is 39.0 Å². The molecular weight excluding hydrogens is 429 g/mol. The number of hydrogen-bond acceptors (Lipinski definition) is 3. The minimum absolute atomic E-state index is 0. The summed E-state index contributed by atoms with van der Waals surface area (Å²) in [4.78, 5) is 6.62. The van der Waals surface area contributed by atoms with Crippen molar-refractivity contribution in [1.29, 1.82) is 0 Å². The Morgan fingerprint density at radius 1 is 1.46 bits per heavy atom. The first-order valence-corrected chi connectivity index (χ1v) is 7.90. The maximum atomic E-state index is 12.4. The van der Waals surface area contributed by atoms with Crippen molar-refractivity contribution in [3.8, 4) is 5.75 Å². The summed E-state index contributed by atoms with van der Waals surface area (Å²) in [5.74, 6) is 0.451. The average molecular weight is 454 g/mol. The molecule has 0 radical (unpaired) electrons. The molecule has 136 valence electrons. The molecule has 1 aliphatic heterocycles. The molecule has 0 aliphatic carbocycles. The molecule has 1 atom stereocenters. The molecule has 0 aromatic heterocycles. The molecule has 0 amide bonds. The summed E-state index contributed by atoms with van der Waals surface area (Å²) in [6.45, 7) is 2.40. The minimum Gasteiger partial charge on any atom is -0.434 e. The Morgan fingerprint density at radius 2 is 2.21 bits per heavy atom. The number of para-hydroxylation sites is 1. The van der Waals surface area contributed by atoms with E-state index in [2.05, 4.69) is 26.9 Å². The van der Waals surface area contributed by atoms with Gasteiger partial charge in [-0.25, -0.2) is 4.99 Å². The summed E-state index contributed by atoms with van der Waals surface area (Å²) in [5.41, 5.74) is 6.45.